The first-order valence-electron chi connectivity index (χ1n) is 8.93. The highest BCUT2D eigenvalue weighted by Gasteiger charge is 2.43. The monoisotopic (exact) mass is 322 g/mol. The van der Waals surface area contributed by atoms with E-state index in [4.69, 9.17) is 11.6 Å². The average Bonchev–Trinajstić information content (AvgIpc) is 3.27. The maximum Gasteiger partial charge on any atom is 0.0607 e. The Labute approximate surface area is 141 Å². The highest BCUT2D eigenvalue weighted by atomic mass is 35.5. The summed E-state index contributed by atoms with van der Waals surface area (Å²) in [4.78, 5) is 2.66. The SMILES string of the molecule is CC.CCC1(CC2CC2)CCCN1c1ccc(Cl)cc1NC. The van der Waals surface area contributed by atoms with Gasteiger partial charge in [-0.05, 0) is 49.8 Å². The standard InChI is InChI=1S/C17H25ClN2.C2H6/c1-3-17(12-13-5-6-13)9-4-10-20(17)16-8-7-14(18)11-15(16)19-2;1-2/h7-8,11,13,19H,3-6,9-10,12H2,1-2H3;1-2H3. The van der Waals surface area contributed by atoms with E-state index in [0.717, 1.165) is 16.6 Å². The van der Waals surface area contributed by atoms with Crippen molar-refractivity contribution in [1.29, 1.82) is 0 Å². The highest BCUT2D eigenvalue weighted by molar-refractivity contribution is 6.31. The van der Waals surface area contributed by atoms with Crippen LogP contribution in [0.3, 0.4) is 0 Å². The molecule has 2 fully saturated rings. The van der Waals surface area contributed by atoms with E-state index in [9.17, 15) is 0 Å². The molecule has 1 aliphatic carbocycles. The van der Waals surface area contributed by atoms with E-state index >= 15 is 0 Å². The molecule has 0 aromatic heterocycles. The number of hydrogen-bond donors (Lipinski definition) is 1. The van der Waals surface area contributed by atoms with Crippen LogP contribution in [0.5, 0.6) is 0 Å². The normalized spacial score (nSPS) is 24.0. The lowest BCUT2D eigenvalue weighted by molar-refractivity contribution is 0.360. The molecule has 0 amide bonds. The number of rotatable bonds is 5. The van der Waals surface area contributed by atoms with E-state index in [1.807, 2.05) is 33.0 Å². The Bertz CT molecular complexity index is 484. The predicted octanol–water partition coefficient (Wildman–Crippen LogP) is 5.96. The lowest BCUT2D eigenvalue weighted by Crippen LogP contribution is -2.44. The topological polar surface area (TPSA) is 15.3 Å². The molecule has 1 heterocycles. The molecule has 1 aliphatic heterocycles. The third-order valence-corrected chi connectivity index (χ3v) is 5.37. The molecule has 0 spiro atoms. The molecule has 1 unspecified atom stereocenters. The maximum absolute atomic E-state index is 6.14. The van der Waals surface area contributed by atoms with Gasteiger partial charge >= 0.3 is 0 Å². The van der Waals surface area contributed by atoms with Gasteiger partial charge in [0.05, 0.1) is 11.4 Å². The third kappa shape index (κ3) is 3.53. The van der Waals surface area contributed by atoms with E-state index in [1.165, 1.54) is 50.8 Å². The molecule has 0 radical (unpaired) electrons. The summed E-state index contributed by atoms with van der Waals surface area (Å²) < 4.78 is 0. The minimum atomic E-state index is 0.376. The Morgan fingerprint density at radius 1 is 1.32 bits per heavy atom. The van der Waals surface area contributed by atoms with Crippen LogP contribution in [0.2, 0.25) is 5.02 Å². The molecule has 2 nitrogen and oxygen atoms in total. The lowest BCUT2D eigenvalue weighted by atomic mass is 9.86. The number of nitrogens with one attached hydrogen (secondary N) is 1. The number of anilines is 2. The molecule has 2 aliphatic rings. The second-order valence-corrected chi connectivity index (χ2v) is 6.83. The molecule has 1 aromatic rings. The van der Waals surface area contributed by atoms with Crippen LogP contribution in [0.4, 0.5) is 11.4 Å². The van der Waals surface area contributed by atoms with Gasteiger partial charge in [0.15, 0.2) is 0 Å². The van der Waals surface area contributed by atoms with Crippen LogP contribution in [-0.4, -0.2) is 19.1 Å². The van der Waals surface area contributed by atoms with Gasteiger partial charge in [-0.3, -0.25) is 0 Å². The molecule has 1 aromatic carbocycles. The number of benzene rings is 1. The summed E-state index contributed by atoms with van der Waals surface area (Å²) in [6.45, 7) is 7.53. The Balaban J connectivity index is 0.000000847. The van der Waals surface area contributed by atoms with Crippen LogP contribution in [0, 0.1) is 5.92 Å². The summed E-state index contributed by atoms with van der Waals surface area (Å²) >= 11 is 6.14. The quantitative estimate of drug-likeness (QED) is 0.719. The van der Waals surface area contributed by atoms with Gasteiger partial charge in [-0.25, -0.2) is 0 Å². The number of nitrogens with zero attached hydrogens (tertiary/aromatic N) is 1. The largest absolute Gasteiger partial charge is 0.386 e. The summed E-state index contributed by atoms with van der Waals surface area (Å²) in [7, 11) is 1.99. The summed E-state index contributed by atoms with van der Waals surface area (Å²) in [6.07, 6.45) is 8.15. The molecule has 1 saturated heterocycles. The second kappa shape index (κ2) is 7.59. The van der Waals surface area contributed by atoms with Crippen molar-refractivity contribution < 1.29 is 0 Å². The van der Waals surface area contributed by atoms with Crippen molar-refractivity contribution in [2.45, 2.75) is 64.8 Å². The Morgan fingerprint density at radius 3 is 2.64 bits per heavy atom. The Kier molecular flexibility index (Phi) is 6.02. The first-order chi connectivity index (χ1) is 10.7. The minimum Gasteiger partial charge on any atom is -0.386 e. The van der Waals surface area contributed by atoms with E-state index in [-0.39, 0.29) is 0 Å². The Hall–Kier alpha value is -0.890. The van der Waals surface area contributed by atoms with Gasteiger partial charge in [-0.15, -0.1) is 0 Å². The molecule has 124 valence electrons. The zero-order valence-corrected chi connectivity index (χ0v) is 15.3. The van der Waals surface area contributed by atoms with Gasteiger partial charge in [0.2, 0.25) is 0 Å². The first-order valence-corrected chi connectivity index (χ1v) is 9.31. The highest BCUT2D eigenvalue weighted by Crippen LogP contribution is 2.48. The fourth-order valence-corrected chi connectivity index (χ4v) is 4.01. The van der Waals surface area contributed by atoms with E-state index in [0.29, 0.717) is 5.54 Å². The maximum atomic E-state index is 6.14. The van der Waals surface area contributed by atoms with Gasteiger partial charge in [-0.2, -0.15) is 0 Å². The van der Waals surface area contributed by atoms with Crippen LogP contribution in [0.15, 0.2) is 18.2 Å². The van der Waals surface area contributed by atoms with E-state index in [1.54, 1.807) is 0 Å². The molecule has 3 heteroatoms. The molecule has 0 bridgehead atoms. The van der Waals surface area contributed by atoms with Crippen molar-refractivity contribution in [3.63, 3.8) is 0 Å². The zero-order chi connectivity index (χ0) is 16.2. The molecule has 22 heavy (non-hydrogen) atoms. The van der Waals surface area contributed by atoms with Gasteiger partial charge < -0.3 is 10.2 Å². The summed E-state index contributed by atoms with van der Waals surface area (Å²) in [5.74, 6) is 0.973. The fourth-order valence-electron chi connectivity index (χ4n) is 3.84. The van der Waals surface area contributed by atoms with Crippen molar-refractivity contribution in [2.24, 2.45) is 5.92 Å². The molecule has 3 rings (SSSR count). The van der Waals surface area contributed by atoms with Crippen molar-refractivity contribution in [2.75, 3.05) is 23.8 Å². The van der Waals surface area contributed by atoms with Gasteiger partial charge in [-0.1, -0.05) is 45.2 Å². The summed E-state index contributed by atoms with van der Waals surface area (Å²) in [6, 6.07) is 6.26. The smallest absolute Gasteiger partial charge is 0.0607 e. The molecular formula is C19H31ClN2. The predicted molar refractivity (Wildman–Crippen MR) is 99.3 cm³/mol. The summed E-state index contributed by atoms with van der Waals surface area (Å²) in [5, 5.41) is 4.13. The lowest BCUT2D eigenvalue weighted by Gasteiger charge is -2.41. The Morgan fingerprint density at radius 2 is 2.05 bits per heavy atom. The molecular weight excluding hydrogens is 292 g/mol. The van der Waals surface area contributed by atoms with Crippen molar-refractivity contribution in [3.8, 4) is 0 Å². The molecule has 1 atom stereocenters. The van der Waals surface area contributed by atoms with Crippen LogP contribution >= 0.6 is 11.6 Å². The number of halogens is 1. The third-order valence-electron chi connectivity index (χ3n) is 5.14. The van der Waals surface area contributed by atoms with Crippen LogP contribution in [-0.2, 0) is 0 Å². The summed E-state index contributed by atoms with van der Waals surface area (Å²) in [5.41, 5.74) is 2.87. The second-order valence-electron chi connectivity index (χ2n) is 6.39. The van der Waals surface area contributed by atoms with Gasteiger partial charge in [0.1, 0.15) is 0 Å². The fraction of sp³-hybridized carbons (Fsp3) is 0.684. The van der Waals surface area contributed by atoms with Crippen LogP contribution in [0.25, 0.3) is 0 Å². The van der Waals surface area contributed by atoms with Crippen molar-refractivity contribution >= 4 is 23.0 Å². The van der Waals surface area contributed by atoms with Crippen LogP contribution < -0.4 is 10.2 Å². The van der Waals surface area contributed by atoms with Crippen molar-refractivity contribution in [3.05, 3.63) is 23.2 Å². The van der Waals surface area contributed by atoms with Gasteiger partial charge in [0, 0.05) is 24.2 Å². The number of hydrogen-bond acceptors (Lipinski definition) is 2. The zero-order valence-electron chi connectivity index (χ0n) is 14.6. The minimum absolute atomic E-state index is 0.376. The average molecular weight is 323 g/mol. The van der Waals surface area contributed by atoms with Gasteiger partial charge in [0.25, 0.3) is 0 Å². The molecule has 1 saturated carbocycles. The van der Waals surface area contributed by atoms with E-state index < -0.39 is 0 Å². The molecule has 1 N–H and O–H groups in total. The first kappa shape index (κ1) is 17.5. The van der Waals surface area contributed by atoms with E-state index in [2.05, 4.69) is 23.2 Å². The van der Waals surface area contributed by atoms with Crippen LogP contribution in [0.1, 0.15) is 59.3 Å². The van der Waals surface area contributed by atoms with Crippen molar-refractivity contribution in [1.82, 2.24) is 0 Å².